The Morgan fingerprint density at radius 1 is 1.15 bits per heavy atom. The van der Waals surface area contributed by atoms with Gasteiger partial charge in [-0.25, -0.2) is 4.79 Å². The highest BCUT2D eigenvalue weighted by Crippen LogP contribution is 2.37. The van der Waals surface area contributed by atoms with Crippen molar-refractivity contribution in [1.29, 1.82) is 0 Å². The quantitative estimate of drug-likeness (QED) is 0.743. The van der Waals surface area contributed by atoms with Crippen molar-refractivity contribution in [2.75, 3.05) is 13.1 Å². The Morgan fingerprint density at radius 3 is 2.22 bits per heavy atom. The van der Waals surface area contributed by atoms with Crippen molar-refractivity contribution in [3.63, 3.8) is 0 Å². The van der Waals surface area contributed by atoms with Gasteiger partial charge in [-0.3, -0.25) is 0 Å². The summed E-state index contributed by atoms with van der Waals surface area (Å²) in [5, 5.41) is 0. The maximum absolute atomic E-state index is 12.2. The summed E-state index contributed by atoms with van der Waals surface area (Å²) in [4.78, 5) is 13.9. The van der Waals surface area contributed by atoms with Gasteiger partial charge in [0.2, 0.25) is 0 Å². The molecule has 1 amide bonds. The summed E-state index contributed by atoms with van der Waals surface area (Å²) in [6.45, 7) is 17.4. The van der Waals surface area contributed by atoms with Crippen LogP contribution >= 0.6 is 0 Å². The van der Waals surface area contributed by atoms with Crippen molar-refractivity contribution in [1.82, 2.24) is 4.90 Å². The molecule has 0 unspecified atom stereocenters. The second kappa shape index (κ2) is 6.52. The van der Waals surface area contributed by atoms with E-state index in [1.165, 1.54) is 11.1 Å². The van der Waals surface area contributed by atoms with Crippen molar-refractivity contribution >= 4 is 18.7 Å². The number of likely N-dealkylation sites (tertiary alicyclic amines) is 1. The molecule has 2 saturated heterocycles. The maximum atomic E-state index is 12.2. The summed E-state index contributed by atoms with van der Waals surface area (Å²) in [6.07, 6.45) is -0.237. The van der Waals surface area contributed by atoms with Crippen LogP contribution in [0.4, 0.5) is 4.79 Å². The number of nitrogens with zero attached hydrogens (tertiary/aromatic N) is 1. The minimum atomic E-state index is -0.464. The van der Waals surface area contributed by atoms with E-state index < -0.39 is 5.60 Å². The van der Waals surface area contributed by atoms with Gasteiger partial charge in [0.1, 0.15) is 5.60 Å². The summed E-state index contributed by atoms with van der Waals surface area (Å²) in [5.41, 5.74) is 2.34. The minimum Gasteiger partial charge on any atom is -0.444 e. The first-order valence-electron chi connectivity index (χ1n) is 9.73. The Hall–Kier alpha value is -1.53. The van der Waals surface area contributed by atoms with Gasteiger partial charge in [0.25, 0.3) is 0 Å². The highest BCUT2D eigenvalue weighted by atomic mass is 16.7. The summed E-state index contributed by atoms with van der Waals surface area (Å²) < 4.78 is 17.8. The number of rotatable bonds is 2. The molecule has 0 N–H and O–H groups in total. The molecule has 6 heteroatoms. The maximum Gasteiger partial charge on any atom is 0.494 e. The minimum absolute atomic E-state index is 0.237. The molecule has 0 atom stereocenters. The molecule has 27 heavy (non-hydrogen) atoms. The van der Waals surface area contributed by atoms with Gasteiger partial charge in [-0.15, -0.1) is 0 Å². The fourth-order valence-electron chi connectivity index (χ4n) is 3.38. The van der Waals surface area contributed by atoms with Crippen LogP contribution in [0.5, 0.6) is 0 Å². The number of hydrogen-bond acceptors (Lipinski definition) is 4. The second-order valence-corrected chi connectivity index (χ2v) is 9.79. The van der Waals surface area contributed by atoms with E-state index in [2.05, 4.69) is 52.8 Å². The fourth-order valence-corrected chi connectivity index (χ4v) is 3.38. The van der Waals surface area contributed by atoms with Gasteiger partial charge >= 0.3 is 13.2 Å². The number of hydrogen-bond donors (Lipinski definition) is 0. The van der Waals surface area contributed by atoms with E-state index in [9.17, 15) is 4.79 Å². The first kappa shape index (κ1) is 20.2. The molecule has 3 rings (SSSR count). The van der Waals surface area contributed by atoms with E-state index >= 15 is 0 Å². The number of carbonyl (C=O) groups excluding carboxylic acids is 1. The average molecular weight is 373 g/mol. The topological polar surface area (TPSA) is 48.0 Å². The molecule has 1 aromatic carbocycles. The van der Waals surface area contributed by atoms with E-state index in [1.807, 2.05) is 20.8 Å². The van der Waals surface area contributed by atoms with Crippen molar-refractivity contribution < 1.29 is 18.8 Å². The Kier molecular flexibility index (Phi) is 4.88. The molecule has 5 nitrogen and oxygen atoms in total. The van der Waals surface area contributed by atoms with Crippen LogP contribution in [-0.4, -0.2) is 48.0 Å². The predicted octanol–water partition coefficient (Wildman–Crippen LogP) is 3.63. The third-order valence-electron chi connectivity index (χ3n) is 5.80. The molecule has 2 aliphatic rings. The van der Waals surface area contributed by atoms with Crippen LogP contribution in [0.3, 0.4) is 0 Å². The average Bonchev–Trinajstić information content (AvgIpc) is 2.65. The first-order chi connectivity index (χ1) is 12.3. The monoisotopic (exact) mass is 373 g/mol. The van der Waals surface area contributed by atoms with Gasteiger partial charge in [-0.05, 0) is 72.0 Å². The van der Waals surface area contributed by atoms with E-state index in [-0.39, 0.29) is 24.4 Å². The first-order valence-corrected chi connectivity index (χ1v) is 9.73. The standard InChI is InChI=1S/C21H32BNO4/c1-14-9-10-16(22-26-20(5,6)21(7,8)27-22)11-17(14)15-12-23(13-15)18(24)25-19(2,3)4/h9-11,15H,12-13H2,1-8H3. The molecular weight excluding hydrogens is 341 g/mol. The normalized spacial score (nSPS) is 21.9. The lowest BCUT2D eigenvalue weighted by atomic mass is 9.75. The summed E-state index contributed by atoms with van der Waals surface area (Å²) in [6, 6.07) is 6.37. The molecule has 0 bridgehead atoms. The highest BCUT2D eigenvalue weighted by molar-refractivity contribution is 6.62. The van der Waals surface area contributed by atoms with Gasteiger partial charge in [0, 0.05) is 19.0 Å². The third-order valence-corrected chi connectivity index (χ3v) is 5.80. The number of amides is 1. The SMILES string of the molecule is Cc1ccc(B2OC(C)(C)C(C)(C)O2)cc1C1CN(C(=O)OC(C)(C)C)C1. The molecule has 0 aliphatic carbocycles. The summed E-state index contributed by atoms with van der Waals surface area (Å²) in [7, 11) is -0.364. The third kappa shape index (κ3) is 4.02. The molecule has 2 fully saturated rings. The van der Waals surface area contributed by atoms with Crippen molar-refractivity contribution in [3.8, 4) is 0 Å². The fraction of sp³-hybridized carbons (Fsp3) is 0.667. The summed E-state index contributed by atoms with van der Waals surface area (Å²) >= 11 is 0. The number of carbonyl (C=O) groups is 1. The Morgan fingerprint density at radius 2 is 1.70 bits per heavy atom. The molecule has 1 aromatic rings. The smallest absolute Gasteiger partial charge is 0.444 e. The van der Waals surface area contributed by atoms with Crippen LogP contribution in [0.15, 0.2) is 18.2 Å². The van der Waals surface area contributed by atoms with Crippen LogP contribution in [-0.2, 0) is 14.0 Å². The highest BCUT2D eigenvalue weighted by Gasteiger charge is 2.51. The van der Waals surface area contributed by atoms with E-state index in [0.29, 0.717) is 19.0 Å². The molecule has 0 spiro atoms. The van der Waals surface area contributed by atoms with Crippen molar-refractivity contribution in [2.45, 2.75) is 78.1 Å². The summed E-state index contributed by atoms with van der Waals surface area (Å²) in [5.74, 6) is 0.319. The van der Waals surface area contributed by atoms with Gasteiger partial charge < -0.3 is 18.9 Å². The molecule has 2 heterocycles. The lowest BCUT2D eigenvalue weighted by molar-refractivity contribution is 0.00578. The van der Waals surface area contributed by atoms with E-state index in [0.717, 1.165) is 5.46 Å². The van der Waals surface area contributed by atoms with Gasteiger partial charge in [-0.2, -0.15) is 0 Å². The second-order valence-electron chi connectivity index (χ2n) is 9.79. The van der Waals surface area contributed by atoms with Crippen LogP contribution in [0, 0.1) is 6.92 Å². The lowest BCUT2D eigenvalue weighted by Crippen LogP contribution is -2.50. The van der Waals surface area contributed by atoms with Crippen LogP contribution in [0.1, 0.15) is 65.5 Å². The van der Waals surface area contributed by atoms with E-state index in [1.54, 1.807) is 4.90 Å². The van der Waals surface area contributed by atoms with Crippen molar-refractivity contribution in [3.05, 3.63) is 29.3 Å². The van der Waals surface area contributed by atoms with Crippen LogP contribution in [0.2, 0.25) is 0 Å². The zero-order valence-corrected chi connectivity index (χ0v) is 17.9. The zero-order chi connectivity index (χ0) is 20.2. The molecule has 2 aliphatic heterocycles. The largest absolute Gasteiger partial charge is 0.494 e. The Balaban J connectivity index is 1.70. The van der Waals surface area contributed by atoms with Crippen molar-refractivity contribution in [2.24, 2.45) is 0 Å². The molecule has 0 saturated carbocycles. The Bertz CT molecular complexity index is 716. The van der Waals surface area contributed by atoms with Gasteiger partial charge in [0.05, 0.1) is 11.2 Å². The molecule has 0 aromatic heterocycles. The molecular formula is C21H32BNO4. The van der Waals surface area contributed by atoms with Crippen LogP contribution in [0.25, 0.3) is 0 Å². The predicted molar refractivity (Wildman–Crippen MR) is 107 cm³/mol. The molecule has 0 radical (unpaired) electrons. The lowest BCUT2D eigenvalue weighted by Gasteiger charge is -2.40. The number of aryl methyl sites for hydroxylation is 1. The van der Waals surface area contributed by atoms with E-state index in [4.69, 9.17) is 14.0 Å². The Labute approximate surface area is 163 Å². The van der Waals surface area contributed by atoms with Crippen LogP contribution < -0.4 is 5.46 Å². The molecule has 148 valence electrons. The zero-order valence-electron chi connectivity index (χ0n) is 17.9. The number of ether oxygens (including phenoxy) is 1. The van der Waals surface area contributed by atoms with Gasteiger partial charge in [0.15, 0.2) is 0 Å². The van der Waals surface area contributed by atoms with Gasteiger partial charge in [-0.1, -0.05) is 18.2 Å². The number of benzene rings is 1.